The molecule has 1 rings (SSSR count). The summed E-state index contributed by atoms with van der Waals surface area (Å²) in [6.45, 7) is 7.23. The topological polar surface area (TPSA) is 55.8 Å². The van der Waals surface area contributed by atoms with E-state index in [1.54, 1.807) is 33.9 Å². The van der Waals surface area contributed by atoms with E-state index in [-0.39, 0.29) is 0 Å². The lowest BCUT2D eigenvalue weighted by molar-refractivity contribution is -0.112. The second-order valence-corrected chi connectivity index (χ2v) is 5.87. The van der Waals surface area contributed by atoms with Crippen molar-refractivity contribution in [2.75, 3.05) is 14.2 Å². The van der Waals surface area contributed by atoms with E-state index in [9.17, 15) is 9.59 Å². The fourth-order valence-electron chi connectivity index (χ4n) is 2.01. The number of rotatable bonds is 4. The van der Waals surface area contributed by atoms with E-state index in [0.29, 0.717) is 17.6 Å². The molecule has 5 heteroatoms. The second-order valence-electron chi connectivity index (χ2n) is 5.87. The Morgan fingerprint density at radius 3 is 2.43 bits per heavy atom. The van der Waals surface area contributed by atoms with Crippen molar-refractivity contribution >= 4 is 12.4 Å². The summed E-state index contributed by atoms with van der Waals surface area (Å²) >= 11 is 0. The van der Waals surface area contributed by atoms with Crippen LogP contribution in [0.1, 0.15) is 37.9 Å². The first-order chi connectivity index (χ1) is 9.71. The molecule has 0 heterocycles. The summed E-state index contributed by atoms with van der Waals surface area (Å²) in [4.78, 5) is 24.9. The molecule has 0 aliphatic heterocycles. The molecule has 0 bridgehead atoms. The van der Waals surface area contributed by atoms with Crippen LogP contribution in [0.15, 0.2) is 18.2 Å². The van der Waals surface area contributed by atoms with Gasteiger partial charge in [0.2, 0.25) is 0 Å². The first-order valence-corrected chi connectivity index (χ1v) is 6.76. The molecule has 1 aromatic rings. The van der Waals surface area contributed by atoms with Gasteiger partial charge >= 0.3 is 6.09 Å². The van der Waals surface area contributed by atoms with Crippen LogP contribution in [0.25, 0.3) is 0 Å². The van der Waals surface area contributed by atoms with Gasteiger partial charge in [-0.05, 0) is 33.3 Å². The molecule has 1 amide bonds. The van der Waals surface area contributed by atoms with E-state index in [4.69, 9.17) is 9.47 Å². The number of para-hydroxylation sites is 1. The minimum atomic E-state index is -0.755. The number of amides is 1. The molecule has 0 fully saturated rings. The van der Waals surface area contributed by atoms with Gasteiger partial charge < -0.3 is 14.3 Å². The number of methoxy groups -OCH3 is 1. The standard InChI is InChI=1S/C16H23NO4/c1-11-8-7-9-12(14(11)20-6)13(10-18)17(5)15(19)21-16(2,3)4/h7-10,13H,1-6H3. The van der Waals surface area contributed by atoms with Crippen molar-refractivity contribution in [3.8, 4) is 5.75 Å². The van der Waals surface area contributed by atoms with Crippen LogP contribution in [0.5, 0.6) is 5.75 Å². The number of aldehydes is 1. The quantitative estimate of drug-likeness (QED) is 0.800. The highest BCUT2D eigenvalue weighted by atomic mass is 16.6. The van der Waals surface area contributed by atoms with Gasteiger partial charge in [0.25, 0.3) is 0 Å². The number of hydrogen-bond acceptors (Lipinski definition) is 4. The summed E-state index contributed by atoms with van der Waals surface area (Å²) in [5, 5.41) is 0. The maximum atomic E-state index is 12.1. The minimum absolute atomic E-state index is 0.553. The molecule has 0 saturated heterocycles. The molecular formula is C16H23NO4. The fraction of sp³-hybridized carbons (Fsp3) is 0.500. The molecular weight excluding hydrogens is 270 g/mol. The normalized spacial score (nSPS) is 12.5. The van der Waals surface area contributed by atoms with Crippen molar-refractivity contribution in [2.45, 2.75) is 39.3 Å². The third-order valence-electron chi connectivity index (χ3n) is 2.99. The van der Waals surface area contributed by atoms with Crippen LogP contribution in [0.4, 0.5) is 4.79 Å². The Morgan fingerprint density at radius 1 is 1.33 bits per heavy atom. The van der Waals surface area contributed by atoms with Crippen molar-refractivity contribution in [3.05, 3.63) is 29.3 Å². The number of nitrogens with zero attached hydrogens (tertiary/aromatic N) is 1. The van der Waals surface area contributed by atoms with Crippen molar-refractivity contribution in [3.63, 3.8) is 0 Å². The lowest BCUT2D eigenvalue weighted by atomic mass is 10.0. The number of hydrogen-bond donors (Lipinski definition) is 0. The van der Waals surface area contributed by atoms with E-state index in [1.807, 2.05) is 19.1 Å². The van der Waals surface area contributed by atoms with Crippen molar-refractivity contribution in [1.82, 2.24) is 4.90 Å². The second kappa shape index (κ2) is 6.61. The molecule has 0 aromatic heterocycles. The molecule has 116 valence electrons. The van der Waals surface area contributed by atoms with E-state index in [1.165, 1.54) is 11.9 Å². The first-order valence-electron chi connectivity index (χ1n) is 6.76. The van der Waals surface area contributed by atoms with Crippen LogP contribution in [-0.4, -0.2) is 37.0 Å². The van der Waals surface area contributed by atoms with E-state index < -0.39 is 17.7 Å². The lowest BCUT2D eigenvalue weighted by Crippen LogP contribution is -2.37. The van der Waals surface area contributed by atoms with Gasteiger partial charge in [0.1, 0.15) is 23.7 Å². The van der Waals surface area contributed by atoms with E-state index in [2.05, 4.69) is 0 Å². The van der Waals surface area contributed by atoms with Crippen LogP contribution in [0.3, 0.4) is 0 Å². The monoisotopic (exact) mass is 293 g/mol. The average molecular weight is 293 g/mol. The largest absolute Gasteiger partial charge is 0.496 e. The SMILES string of the molecule is COc1c(C)cccc1C(C=O)N(C)C(=O)OC(C)(C)C. The molecule has 0 aliphatic rings. The maximum absolute atomic E-state index is 12.1. The van der Waals surface area contributed by atoms with Crippen molar-refractivity contribution in [1.29, 1.82) is 0 Å². The van der Waals surface area contributed by atoms with Gasteiger partial charge in [-0.2, -0.15) is 0 Å². The highest BCUT2D eigenvalue weighted by Gasteiger charge is 2.28. The van der Waals surface area contributed by atoms with Crippen LogP contribution < -0.4 is 4.74 Å². The van der Waals surface area contributed by atoms with Crippen molar-refractivity contribution < 1.29 is 19.1 Å². The Hall–Kier alpha value is -2.04. The third-order valence-corrected chi connectivity index (χ3v) is 2.99. The Morgan fingerprint density at radius 2 is 1.95 bits per heavy atom. The van der Waals surface area contributed by atoms with Gasteiger partial charge in [0.15, 0.2) is 0 Å². The molecule has 1 atom stereocenters. The predicted octanol–water partition coefficient (Wildman–Crippen LogP) is 3.11. The number of carbonyl (C=O) groups is 2. The Bertz CT molecular complexity index is 519. The summed E-state index contributed by atoms with van der Waals surface area (Å²) in [5.41, 5.74) is 0.926. The fourth-order valence-corrected chi connectivity index (χ4v) is 2.01. The molecule has 0 saturated carbocycles. The molecule has 5 nitrogen and oxygen atoms in total. The van der Waals surface area contributed by atoms with E-state index >= 15 is 0 Å². The zero-order valence-electron chi connectivity index (χ0n) is 13.5. The van der Waals surface area contributed by atoms with Crippen LogP contribution in [0, 0.1) is 6.92 Å². The third kappa shape index (κ3) is 4.21. The smallest absolute Gasteiger partial charge is 0.410 e. The Balaban J connectivity index is 3.11. The number of benzene rings is 1. The summed E-state index contributed by atoms with van der Waals surface area (Å²) < 4.78 is 10.6. The van der Waals surface area contributed by atoms with Crippen LogP contribution in [-0.2, 0) is 9.53 Å². The molecule has 0 spiro atoms. The zero-order valence-corrected chi connectivity index (χ0v) is 13.5. The van der Waals surface area contributed by atoms with Gasteiger partial charge in [-0.15, -0.1) is 0 Å². The zero-order chi connectivity index (χ0) is 16.2. The molecule has 1 unspecified atom stereocenters. The Kier molecular flexibility index (Phi) is 5.35. The van der Waals surface area contributed by atoms with Crippen molar-refractivity contribution in [2.24, 2.45) is 0 Å². The minimum Gasteiger partial charge on any atom is -0.496 e. The van der Waals surface area contributed by atoms with E-state index in [0.717, 1.165) is 5.56 Å². The summed E-state index contributed by atoms with van der Waals surface area (Å²) in [6.07, 6.45) is 0.157. The number of ether oxygens (including phenoxy) is 2. The van der Waals surface area contributed by atoms with Gasteiger partial charge in [0.05, 0.1) is 7.11 Å². The summed E-state index contributed by atoms with van der Waals surface area (Å²) in [7, 11) is 3.08. The Labute approximate surface area is 125 Å². The van der Waals surface area contributed by atoms with Crippen LogP contribution in [0.2, 0.25) is 0 Å². The highest BCUT2D eigenvalue weighted by molar-refractivity contribution is 5.75. The molecule has 0 aliphatic carbocycles. The number of aryl methyl sites for hydroxylation is 1. The van der Waals surface area contributed by atoms with Gasteiger partial charge in [-0.3, -0.25) is 4.90 Å². The molecule has 0 radical (unpaired) electrons. The predicted molar refractivity (Wildman–Crippen MR) is 80.5 cm³/mol. The molecule has 0 N–H and O–H groups in total. The average Bonchev–Trinajstić information content (AvgIpc) is 2.37. The van der Waals surface area contributed by atoms with Gasteiger partial charge in [-0.25, -0.2) is 4.79 Å². The number of likely N-dealkylation sites (N-methyl/N-ethyl adjacent to an activating group) is 1. The highest BCUT2D eigenvalue weighted by Crippen LogP contribution is 2.31. The molecule has 21 heavy (non-hydrogen) atoms. The van der Waals surface area contributed by atoms with Crippen LogP contribution >= 0.6 is 0 Å². The first kappa shape index (κ1) is 17.0. The summed E-state index contributed by atoms with van der Waals surface area (Å²) in [5.74, 6) is 0.602. The van der Waals surface area contributed by atoms with Gasteiger partial charge in [-0.1, -0.05) is 18.2 Å². The number of carbonyl (C=O) groups excluding carboxylic acids is 2. The summed E-state index contributed by atoms with van der Waals surface area (Å²) in [6, 6.07) is 4.73. The lowest BCUT2D eigenvalue weighted by Gasteiger charge is -2.29. The maximum Gasteiger partial charge on any atom is 0.410 e. The molecule has 1 aromatic carbocycles. The van der Waals surface area contributed by atoms with Gasteiger partial charge in [0, 0.05) is 12.6 Å².